The second-order valence-corrected chi connectivity index (χ2v) is 5.39. The molecule has 0 aromatic rings. The molecule has 0 bridgehead atoms. The molecule has 1 atom stereocenters. The molecule has 13 heavy (non-hydrogen) atoms. The Balaban J connectivity index is 2.34. The van der Waals surface area contributed by atoms with Crippen molar-refractivity contribution in [3.8, 4) is 0 Å². The molecule has 0 amide bonds. The zero-order chi connectivity index (χ0) is 9.68. The highest BCUT2D eigenvalue weighted by atomic mass is 32.2. The minimum atomic E-state index is 0.626. The fraction of sp³-hybridized carbons (Fsp3) is 1.00. The van der Waals surface area contributed by atoms with Crippen molar-refractivity contribution >= 4 is 11.8 Å². The predicted molar refractivity (Wildman–Crippen MR) is 61.2 cm³/mol. The highest BCUT2D eigenvalue weighted by molar-refractivity contribution is 7.99. The van der Waals surface area contributed by atoms with Gasteiger partial charge in [-0.2, -0.15) is 11.8 Å². The third-order valence-corrected chi connectivity index (χ3v) is 3.52. The van der Waals surface area contributed by atoms with Crippen molar-refractivity contribution in [2.75, 3.05) is 31.1 Å². The van der Waals surface area contributed by atoms with Crippen molar-refractivity contribution in [1.29, 1.82) is 0 Å². The molecule has 1 saturated heterocycles. The maximum atomic E-state index is 5.80. The van der Waals surface area contributed by atoms with Crippen LogP contribution in [-0.2, 0) is 0 Å². The summed E-state index contributed by atoms with van der Waals surface area (Å²) in [5, 5.41) is 0. The van der Waals surface area contributed by atoms with E-state index in [1.54, 1.807) is 0 Å². The van der Waals surface area contributed by atoms with E-state index >= 15 is 0 Å². The van der Waals surface area contributed by atoms with Gasteiger partial charge >= 0.3 is 0 Å². The third-order valence-electron chi connectivity index (χ3n) is 2.58. The summed E-state index contributed by atoms with van der Waals surface area (Å²) in [6.07, 6.45) is 1.25. The van der Waals surface area contributed by atoms with E-state index in [1.807, 2.05) is 0 Å². The zero-order valence-electron chi connectivity index (χ0n) is 8.83. The molecule has 2 nitrogen and oxygen atoms in total. The van der Waals surface area contributed by atoms with Gasteiger partial charge in [-0.1, -0.05) is 13.8 Å². The van der Waals surface area contributed by atoms with Crippen molar-refractivity contribution < 1.29 is 0 Å². The average Bonchev–Trinajstić information content (AvgIpc) is 2.15. The molecule has 1 rings (SSSR count). The molecule has 3 heteroatoms. The van der Waals surface area contributed by atoms with Crippen LogP contribution in [0.4, 0.5) is 0 Å². The van der Waals surface area contributed by atoms with E-state index in [-0.39, 0.29) is 0 Å². The summed E-state index contributed by atoms with van der Waals surface area (Å²) in [6, 6.07) is 0.626. The zero-order valence-corrected chi connectivity index (χ0v) is 9.65. The van der Waals surface area contributed by atoms with Crippen LogP contribution in [-0.4, -0.2) is 42.1 Å². The molecule has 0 aromatic carbocycles. The Hall–Kier alpha value is 0.270. The van der Waals surface area contributed by atoms with Gasteiger partial charge in [0.05, 0.1) is 0 Å². The lowest BCUT2D eigenvalue weighted by Crippen LogP contribution is -2.45. The summed E-state index contributed by atoms with van der Waals surface area (Å²) in [4.78, 5) is 2.57. The first kappa shape index (κ1) is 11.3. The van der Waals surface area contributed by atoms with Crippen LogP contribution in [0.1, 0.15) is 20.3 Å². The van der Waals surface area contributed by atoms with Crippen LogP contribution >= 0.6 is 11.8 Å². The number of nitrogens with two attached hydrogens (primary N) is 1. The summed E-state index contributed by atoms with van der Waals surface area (Å²) in [5.74, 6) is 3.34. The van der Waals surface area contributed by atoms with Crippen molar-refractivity contribution in [3.05, 3.63) is 0 Å². The van der Waals surface area contributed by atoms with Crippen LogP contribution < -0.4 is 5.73 Å². The molecule has 1 fully saturated rings. The van der Waals surface area contributed by atoms with Gasteiger partial charge in [-0.25, -0.2) is 0 Å². The molecule has 0 aromatic heterocycles. The molecule has 1 aliphatic heterocycles. The Morgan fingerprint density at radius 3 is 2.38 bits per heavy atom. The van der Waals surface area contributed by atoms with Crippen LogP contribution in [0.25, 0.3) is 0 Å². The number of nitrogens with zero attached hydrogens (tertiary/aromatic N) is 1. The normalized spacial score (nSPS) is 22.2. The topological polar surface area (TPSA) is 29.3 Å². The van der Waals surface area contributed by atoms with Crippen molar-refractivity contribution in [2.24, 2.45) is 11.7 Å². The van der Waals surface area contributed by atoms with Crippen LogP contribution in [0, 0.1) is 5.92 Å². The Morgan fingerprint density at radius 1 is 1.31 bits per heavy atom. The van der Waals surface area contributed by atoms with Crippen LogP contribution in [0.5, 0.6) is 0 Å². The van der Waals surface area contributed by atoms with Gasteiger partial charge in [0.1, 0.15) is 0 Å². The van der Waals surface area contributed by atoms with Crippen LogP contribution in [0.3, 0.4) is 0 Å². The van der Waals surface area contributed by atoms with Gasteiger partial charge in [0.2, 0.25) is 0 Å². The lowest BCUT2D eigenvalue weighted by Gasteiger charge is -2.34. The summed E-state index contributed by atoms with van der Waals surface area (Å²) in [5.41, 5.74) is 5.80. The summed E-state index contributed by atoms with van der Waals surface area (Å²) >= 11 is 2.06. The quantitative estimate of drug-likeness (QED) is 0.747. The number of hydrogen-bond acceptors (Lipinski definition) is 3. The van der Waals surface area contributed by atoms with Gasteiger partial charge in [0, 0.05) is 37.2 Å². The smallest absolute Gasteiger partial charge is 0.0221 e. The maximum Gasteiger partial charge on any atom is 0.0221 e. The fourth-order valence-corrected chi connectivity index (χ4v) is 2.81. The van der Waals surface area contributed by atoms with E-state index in [0.717, 1.165) is 12.5 Å². The molecule has 0 radical (unpaired) electrons. The highest BCUT2D eigenvalue weighted by Crippen LogP contribution is 2.16. The molecule has 1 heterocycles. The number of hydrogen-bond donors (Lipinski definition) is 1. The predicted octanol–water partition coefficient (Wildman–Crippen LogP) is 1.41. The Bertz CT molecular complexity index is 133. The highest BCUT2D eigenvalue weighted by Gasteiger charge is 2.19. The third kappa shape index (κ3) is 3.88. The molecule has 78 valence electrons. The molecule has 2 N–H and O–H groups in total. The van der Waals surface area contributed by atoms with Crippen molar-refractivity contribution in [2.45, 2.75) is 26.3 Å². The van der Waals surface area contributed by atoms with Gasteiger partial charge in [0.15, 0.2) is 0 Å². The Labute approximate surface area is 86.2 Å². The summed E-state index contributed by atoms with van der Waals surface area (Å²) in [6.45, 7) is 7.85. The van der Waals surface area contributed by atoms with Crippen molar-refractivity contribution in [3.63, 3.8) is 0 Å². The summed E-state index contributed by atoms with van der Waals surface area (Å²) < 4.78 is 0. The van der Waals surface area contributed by atoms with Crippen molar-refractivity contribution in [1.82, 2.24) is 4.90 Å². The molecule has 0 aliphatic carbocycles. The molecule has 0 spiro atoms. The van der Waals surface area contributed by atoms with E-state index in [0.29, 0.717) is 6.04 Å². The lowest BCUT2D eigenvalue weighted by atomic mass is 10.0. The van der Waals surface area contributed by atoms with Gasteiger partial charge < -0.3 is 5.73 Å². The first-order chi connectivity index (χ1) is 6.24. The molecule has 1 aliphatic rings. The standard InChI is InChI=1S/C10H22N2S/c1-9(2)7-10(8-11)12-3-5-13-6-4-12/h9-10H,3-8,11H2,1-2H3. The van der Waals surface area contributed by atoms with Crippen LogP contribution in [0.15, 0.2) is 0 Å². The Morgan fingerprint density at radius 2 is 1.92 bits per heavy atom. The first-order valence-electron chi connectivity index (χ1n) is 5.26. The van der Waals surface area contributed by atoms with Gasteiger partial charge in [-0.15, -0.1) is 0 Å². The minimum Gasteiger partial charge on any atom is -0.329 e. The second kappa shape index (κ2) is 5.89. The lowest BCUT2D eigenvalue weighted by molar-refractivity contribution is 0.195. The number of thioether (sulfide) groups is 1. The maximum absolute atomic E-state index is 5.80. The molecule has 1 unspecified atom stereocenters. The molecular formula is C10H22N2S. The second-order valence-electron chi connectivity index (χ2n) is 4.17. The first-order valence-corrected chi connectivity index (χ1v) is 6.41. The molecule has 0 saturated carbocycles. The van der Waals surface area contributed by atoms with Gasteiger partial charge in [0.25, 0.3) is 0 Å². The molecular weight excluding hydrogens is 180 g/mol. The largest absolute Gasteiger partial charge is 0.329 e. The van der Waals surface area contributed by atoms with E-state index in [2.05, 4.69) is 30.5 Å². The fourth-order valence-electron chi connectivity index (χ4n) is 1.88. The van der Waals surface area contributed by atoms with E-state index < -0.39 is 0 Å². The van der Waals surface area contributed by atoms with E-state index in [1.165, 1.54) is 31.0 Å². The van der Waals surface area contributed by atoms with Gasteiger partial charge in [-0.3, -0.25) is 4.90 Å². The van der Waals surface area contributed by atoms with Crippen LogP contribution in [0.2, 0.25) is 0 Å². The van der Waals surface area contributed by atoms with E-state index in [9.17, 15) is 0 Å². The van der Waals surface area contributed by atoms with Gasteiger partial charge in [-0.05, 0) is 12.3 Å². The SMILES string of the molecule is CC(C)CC(CN)N1CCSCC1. The summed E-state index contributed by atoms with van der Waals surface area (Å²) in [7, 11) is 0. The average molecular weight is 202 g/mol. The number of rotatable bonds is 4. The Kier molecular flexibility index (Phi) is 5.14. The van der Waals surface area contributed by atoms with E-state index in [4.69, 9.17) is 5.73 Å². The minimum absolute atomic E-state index is 0.626. The monoisotopic (exact) mass is 202 g/mol.